The van der Waals surface area contributed by atoms with Crippen molar-refractivity contribution >= 4 is 5.78 Å². The molecule has 1 aromatic carbocycles. The van der Waals surface area contributed by atoms with Crippen molar-refractivity contribution in [2.45, 2.75) is 48.5 Å². The van der Waals surface area contributed by atoms with Gasteiger partial charge in [0.2, 0.25) is 0 Å². The fraction of sp³-hybridized carbons (Fsp3) is 0.562. The highest BCUT2D eigenvalue weighted by molar-refractivity contribution is 5.77. The van der Waals surface area contributed by atoms with Gasteiger partial charge in [-0.05, 0) is 19.8 Å². The van der Waals surface area contributed by atoms with Gasteiger partial charge in [0.15, 0.2) is 0 Å². The molecule has 0 unspecified atom stereocenters. The molecule has 0 radical (unpaired) electrons. The van der Waals surface area contributed by atoms with Crippen molar-refractivity contribution in [3.8, 4) is 0 Å². The van der Waals surface area contributed by atoms with Crippen molar-refractivity contribution in [2.24, 2.45) is 11.7 Å². The maximum absolute atomic E-state index is 9.69. The Balaban J connectivity index is -0.000000183. The molecule has 2 N–H and O–H groups in total. The molecule has 0 spiro atoms. The van der Waals surface area contributed by atoms with E-state index in [1.165, 1.54) is 12.5 Å². The van der Waals surface area contributed by atoms with Gasteiger partial charge in [0, 0.05) is 0 Å². The highest BCUT2D eigenvalue weighted by Crippen LogP contribution is 1.92. The minimum Gasteiger partial charge on any atom is -0.324 e. The lowest BCUT2D eigenvalue weighted by Crippen LogP contribution is -2.07. The minimum atomic E-state index is 0.0324. The Morgan fingerprint density at radius 1 is 1.11 bits per heavy atom. The first-order valence-corrected chi connectivity index (χ1v) is 6.61. The zero-order valence-electron chi connectivity index (χ0n) is 13.2. The third kappa shape index (κ3) is 36.4. The molecule has 18 heavy (non-hydrogen) atoms. The summed E-state index contributed by atoms with van der Waals surface area (Å²) in [6, 6.07) is 10.3. The predicted molar refractivity (Wildman–Crippen MR) is 82.8 cm³/mol. The Labute approximate surface area is 114 Å². The number of Topliss-reactive ketones (excluding diaryl/α,β-unsaturated/α-hetero) is 1. The number of nitrogens with two attached hydrogens (primary N) is 1. The SMILES string of the molecule is CC.CC(=O)CN.CC(C)C.Cc1ccccc1. The first-order chi connectivity index (χ1) is 8.40. The van der Waals surface area contributed by atoms with Crippen LogP contribution in [-0.2, 0) is 4.79 Å². The normalized spacial score (nSPS) is 7.83. The predicted octanol–water partition coefficient (Wildman–Crippen LogP) is 4.22. The number of ketones is 1. The van der Waals surface area contributed by atoms with E-state index in [-0.39, 0.29) is 12.3 Å². The zero-order valence-corrected chi connectivity index (χ0v) is 13.2. The largest absolute Gasteiger partial charge is 0.324 e. The molecule has 2 heteroatoms. The Kier molecular flexibility index (Phi) is 22.3. The second-order valence-corrected chi connectivity index (χ2v) is 4.29. The van der Waals surface area contributed by atoms with Crippen LogP contribution in [0, 0.1) is 12.8 Å². The zero-order chi connectivity index (χ0) is 15.0. The van der Waals surface area contributed by atoms with Crippen LogP contribution in [-0.4, -0.2) is 12.3 Å². The lowest BCUT2D eigenvalue weighted by atomic mass is 10.2. The molecular weight excluding hydrogens is 222 g/mol. The average molecular weight is 253 g/mol. The van der Waals surface area contributed by atoms with Crippen LogP contribution in [0.15, 0.2) is 30.3 Å². The van der Waals surface area contributed by atoms with Gasteiger partial charge in [0.1, 0.15) is 5.78 Å². The van der Waals surface area contributed by atoms with Crippen molar-refractivity contribution in [3.05, 3.63) is 35.9 Å². The summed E-state index contributed by atoms with van der Waals surface area (Å²) in [7, 11) is 0. The summed E-state index contributed by atoms with van der Waals surface area (Å²) >= 11 is 0. The van der Waals surface area contributed by atoms with E-state index < -0.39 is 0 Å². The standard InChI is InChI=1S/C7H8.C4H10.C3H7NO.C2H6/c1-7-5-3-2-4-6-7;1-4(2)3;1-3(5)2-4;1-2/h2-6H,1H3;4H,1-3H3;2,4H2,1H3;1-2H3. The van der Waals surface area contributed by atoms with E-state index in [0.717, 1.165) is 5.92 Å². The maximum atomic E-state index is 9.69. The third-order valence-electron chi connectivity index (χ3n) is 1.23. The number of rotatable bonds is 1. The van der Waals surface area contributed by atoms with Crippen LogP contribution in [0.25, 0.3) is 0 Å². The fourth-order valence-corrected chi connectivity index (χ4v) is 0.534. The number of aryl methyl sites for hydroxylation is 1. The van der Waals surface area contributed by atoms with Gasteiger partial charge in [-0.15, -0.1) is 0 Å². The molecule has 0 amide bonds. The first-order valence-electron chi connectivity index (χ1n) is 6.61. The van der Waals surface area contributed by atoms with Gasteiger partial charge in [-0.25, -0.2) is 0 Å². The van der Waals surface area contributed by atoms with Gasteiger partial charge in [0.25, 0.3) is 0 Å². The van der Waals surface area contributed by atoms with E-state index in [1.807, 2.05) is 32.0 Å². The Morgan fingerprint density at radius 3 is 1.50 bits per heavy atom. The molecule has 0 aliphatic heterocycles. The lowest BCUT2D eigenvalue weighted by molar-refractivity contribution is -0.115. The van der Waals surface area contributed by atoms with Gasteiger partial charge in [-0.1, -0.05) is 70.5 Å². The Hall–Kier alpha value is -1.15. The molecule has 0 bridgehead atoms. The Bertz CT molecular complexity index is 252. The summed E-state index contributed by atoms with van der Waals surface area (Å²) in [4.78, 5) is 9.69. The molecule has 0 saturated heterocycles. The summed E-state index contributed by atoms with van der Waals surface area (Å²) in [5.74, 6) is 0.866. The summed E-state index contributed by atoms with van der Waals surface area (Å²) in [6.45, 7) is 14.2. The molecule has 1 rings (SSSR count). The lowest BCUT2D eigenvalue weighted by Gasteiger charge is -1.82. The molecule has 0 saturated carbocycles. The fourth-order valence-electron chi connectivity index (χ4n) is 0.534. The molecular formula is C16H31NO. The van der Waals surface area contributed by atoms with E-state index >= 15 is 0 Å². The first kappa shape index (κ1) is 22.1. The third-order valence-corrected chi connectivity index (χ3v) is 1.23. The topological polar surface area (TPSA) is 43.1 Å². The van der Waals surface area contributed by atoms with Gasteiger partial charge in [-0.3, -0.25) is 4.79 Å². The van der Waals surface area contributed by atoms with E-state index in [4.69, 9.17) is 5.73 Å². The van der Waals surface area contributed by atoms with Crippen LogP contribution in [0.4, 0.5) is 0 Å². The maximum Gasteiger partial charge on any atom is 0.143 e. The molecule has 0 heterocycles. The van der Waals surface area contributed by atoms with E-state index in [2.05, 4.69) is 39.8 Å². The Morgan fingerprint density at radius 2 is 1.39 bits per heavy atom. The minimum absolute atomic E-state index is 0.0324. The number of carbonyl (C=O) groups excluding carboxylic acids is 1. The van der Waals surface area contributed by atoms with Gasteiger partial charge in [-0.2, -0.15) is 0 Å². The second kappa shape index (κ2) is 18.2. The highest BCUT2D eigenvalue weighted by Gasteiger charge is 1.77. The van der Waals surface area contributed by atoms with E-state index in [0.29, 0.717) is 0 Å². The summed E-state index contributed by atoms with van der Waals surface area (Å²) in [5, 5.41) is 0. The number of hydrogen-bond donors (Lipinski definition) is 1. The van der Waals surface area contributed by atoms with Gasteiger partial charge < -0.3 is 5.73 Å². The van der Waals surface area contributed by atoms with Crippen molar-refractivity contribution in [1.29, 1.82) is 0 Å². The molecule has 0 aliphatic rings. The molecule has 0 aliphatic carbocycles. The molecule has 106 valence electrons. The van der Waals surface area contributed by atoms with Crippen molar-refractivity contribution in [3.63, 3.8) is 0 Å². The molecule has 0 fully saturated rings. The quantitative estimate of drug-likeness (QED) is 0.814. The van der Waals surface area contributed by atoms with Gasteiger partial charge >= 0.3 is 0 Å². The average Bonchev–Trinajstić information content (AvgIpc) is 2.32. The molecule has 0 aromatic heterocycles. The molecule has 0 atom stereocenters. The molecule has 2 nitrogen and oxygen atoms in total. The van der Waals surface area contributed by atoms with Crippen molar-refractivity contribution in [1.82, 2.24) is 0 Å². The van der Waals surface area contributed by atoms with Crippen LogP contribution in [0.1, 0.15) is 47.1 Å². The number of carbonyl (C=O) groups is 1. The van der Waals surface area contributed by atoms with Crippen molar-refractivity contribution in [2.75, 3.05) is 6.54 Å². The number of benzene rings is 1. The van der Waals surface area contributed by atoms with Gasteiger partial charge in [0.05, 0.1) is 6.54 Å². The van der Waals surface area contributed by atoms with Crippen molar-refractivity contribution < 1.29 is 4.79 Å². The highest BCUT2D eigenvalue weighted by atomic mass is 16.1. The van der Waals surface area contributed by atoms with Crippen LogP contribution >= 0.6 is 0 Å². The van der Waals surface area contributed by atoms with Crippen LogP contribution in [0.3, 0.4) is 0 Å². The van der Waals surface area contributed by atoms with Crippen LogP contribution in [0.5, 0.6) is 0 Å². The summed E-state index contributed by atoms with van der Waals surface area (Å²) < 4.78 is 0. The smallest absolute Gasteiger partial charge is 0.143 e. The summed E-state index contributed by atoms with van der Waals surface area (Å²) in [5.41, 5.74) is 6.14. The number of hydrogen-bond acceptors (Lipinski definition) is 2. The monoisotopic (exact) mass is 253 g/mol. The van der Waals surface area contributed by atoms with E-state index in [9.17, 15) is 4.79 Å². The van der Waals surface area contributed by atoms with Crippen LogP contribution in [0.2, 0.25) is 0 Å². The van der Waals surface area contributed by atoms with E-state index in [1.54, 1.807) is 0 Å². The van der Waals surface area contributed by atoms with Crippen LogP contribution < -0.4 is 5.73 Å². The molecule has 1 aromatic rings. The summed E-state index contributed by atoms with van der Waals surface area (Å²) in [6.07, 6.45) is 0. The second-order valence-electron chi connectivity index (χ2n) is 4.29.